The Hall–Kier alpha value is -2.17. The van der Waals surface area contributed by atoms with Crippen molar-refractivity contribution in [2.45, 2.75) is 19.8 Å². The summed E-state index contributed by atoms with van der Waals surface area (Å²) < 4.78 is 1.71. The van der Waals surface area contributed by atoms with Crippen molar-refractivity contribution in [3.8, 4) is 5.69 Å². The topological polar surface area (TPSA) is 80.6 Å². The van der Waals surface area contributed by atoms with Crippen LogP contribution in [0, 0.1) is 5.41 Å². The average molecular weight is 229 g/mol. The molecule has 88 valence electrons. The molecule has 2 heterocycles. The predicted octanol–water partition coefficient (Wildman–Crippen LogP) is 1.67. The molecule has 2 aromatic heterocycles. The van der Waals surface area contributed by atoms with Gasteiger partial charge in [-0.25, -0.2) is 4.68 Å². The van der Waals surface area contributed by atoms with E-state index in [9.17, 15) is 0 Å². The number of nitrogens with zero attached hydrogens (tertiary/aromatic N) is 3. The number of nitrogens with one attached hydrogen (secondary N) is 1. The zero-order valence-corrected chi connectivity index (χ0v) is 9.88. The Morgan fingerprint density at radius 2 is 2.18 bits per heavy atom. The van der Waals surface area contributed by atoms with Gasteiger partial charge in [-0.05, 0) is 24.1 Å². The van der Waals surface area contributed by atoms with Gasteiger partial charge < -0.3 is 5.73 Å². The van der Waals surface area contributed by atoms with Crippen molar-refractivity contribution in [1.82, 2.24) is 14.8 Å². The van der Waals surface area contributed by atoms with E-state index in [2.05, 4.69) is 23.9 Å². The van der Waals surface area contributed by atoms with E-state index in [1.54, 1.807) is 16.9 Å². The fourth-order valence-corrected chi connectivity index (χ4v) is 1.57. The molecular formula is C12H15N5. The predicted molar refractivity (Wildman–Crippen MR) is 66.5 cm³/mol. The molecule has 0 spiro atoms. The van der Waals surface area contributed by atoms with Gasteiger partial charge in [0.05, 0.1) is 11.4 Å². The zero-order valence-electron chi connectivity index (χ0n) is 9.88. The normalized spacial score (nSPS) is 10.8. The van der Waals surface area contributed by atoms with E-state index in [1.807, 2.05) is 18.3 Å². The Morgan fingerprint density at radius 3 is 2.76 bits per heavy atom. The van der Waals surface area contributed by atoms with Crippen LogP contribution in [0.5, 0.6) is 0 Å². The molecule has 2 rings (SSSR count). The van der Waals surface area contributed by atoms with Crippen molar-refractivity contribution in [2.75, 3.05) is 0 Å². The van der Waals surface area contributed by atoms with Crippen LogP contribution in [-0.4, -0.2) is 20.6 Å². The van der Waals surface area contributed by atoms with E-state index >= 15 is 0 Å². The number of amidine groups is 1. The highest BCUT2D eigenvalue weighted by Crippen LogP contribution is 2.15. The number of nitrogen functional groups attached to an aromatic ring is 1. The maximum absolute atomic E-state index is 7.49. The lowest BCUT2D eigenvalue weighted by Crippen LogP contribution is -2.16. The molecule has 0 aliphatic carbocycles. The molecule has 2 aromatic rings. The lowest BCUT2D eigenvalue weighted by Gasteiger charge is -2.06. The maximum Gasteiger partial charge on any atom is 0.144 e. The molecule has 17 heavy (non-hydrogen) atoms. The van der Waals surface area contributed by atoms with Crippen molar-refractivity contribution in [3.05, 3.63) is 42.0 Å². The van der Waals surface area contributed by atoms with Gasteiger partial charge in [-0.15, -0.1) is 0 Å². The minimum atomic E-state index is -0.0535. The van der Waals surface area contributed by atoms with Crippen molar-refractivity contribution in [1.29, 1.82) is 5.41 Å². The van der Waals surface area contributed by atoms with Gasteiger partial charge in [-0.1, -0.05) is 13.8 Å². The lowest BCUT2D eigenvalue weighted by atomic mass is 10.1. The Bertz CT molecular complexity index is 541. The minimum Gasteiger partial charge on any atom is -0.382 e. The molecule has 0 saturated heterocycles. The molecule has 5 nitrogen and oxygen atoms in total. The van der Waals surface area contributed by atoms with Gasteiger partial charge in [-0.3, -0.25) is 10.4 Å². The van der Waals surface area contributed by atoms with Crippen LogP contribution in [0.1, 0.15) is 31.2 Å². The third kappa shape index (κ3) is 2.18. The number of hydrogen-bond donors (Lipinski definition) is 2. The minimum absolute atomic E-state index is 0.0535. The SMILES string of the molecule is CC(C)c1ccn(-c2cccnc2C(=N)N)n1. The summed E-state index contributed by atoms with van der Waals surface area (Å²) in [5, 5.41) is 11.9. The molecular weight excluding hydrogens is 214 g/mol. The smallest absolute Gasteiger partial charge is 0.144 e. The second-order valence-corrected chi connectivity index (χ2v) is 4.12. The van der Waals surface area contributed by atoms with E-state index in [0.717, 1.165) is 11.4 Å². The number of hydrogen-bond acceptors (Lipinski definition) is 3. The Morgan fingerprint density at radius 1 is 1.41 bits per heavy atom. The third-order valence-electron chi connectivity index (χ3n) is 2.49. The third-order valence-corrected chi connectivity index (χ3v) is 2.49. The van der Waals surface area contributed by atoms with Crippen LogP contribution in [-0.2, 0) is 0 Å². The fraction of sp³-hybridized carbons (Fsp3) is 0.250. The molecule has 0 radical (unpaired) electrons. The second kappa shape index (κ2) is 4.37. The summed E-state index contributed by atoms with van der Waals surface area (Å²) in [4.78, 5) is 4.10. The fourth-order valence-electron chi connectivity index (χ4n) is 1.57. The number of aromatic nitrogens is 3. The average Bonchev–Trinajstić information content (AvgIpc) is 2.78. The summed E-state index contributed by atoms with van der Waals surface area (Å²) in [6.07, 6.45) is 3.48. The Labute approximate surface area is 99.8 Å². The summed E-state index contributed by atoms with van der Waals surface area (Å²) in [6.45, 7) is 4.17. The first kappa shape index (κ1) is 11.3. The molecule has 0 aliphatic heterocycles. The largest absolute Gasteiger partial charge is 0.382 e. The van der Waals surface area contributed by atoms with Crippen LogP contribution in [0.3, 0.4) is 0 Å². The van der Waals surface area contributed by atoms with E-state index in [-0.39, 0.29) is 5.84 Å². The molecule has 0 aliphatic rings. The van der Waals surface area contributed by atoms with Crippen LogP contribution in [0.4, 0.5) is 0 Å². The zero-order chi connectivity index (χ0) is 12.4. The Kier molecular flexibility index (Phi) is 2.91. The summed E-state index contributed by atoms with van der Waals surface area (Å²) in [5.74, 6) is 0.316. The van der Waals surface area contributed by atoms with Gasteiger partial charge in [0.25, 0.3) is 0 Å². The molecule has 3 N–H and O–H groups in total. The second-order valence-electron chi connectivity index (χ2n) is 4.12. The van der Waals surface area contributed by atoms with E-state index in [4.69, 9.17) is 11.1 Å². The first-order valence-corrected chi connectivity index (χ1v) is 5.45. The summed E-state index contributed by atoms with van der Waals surface area (Å²) in [7, 11) is 0. The van der Waals surface area contributed by atoms with Gasteiger partial charge in [-0.2, -0.15) is 5.10 Å². The molecule has 0 amide bonds. The van der Waals surface area contributed by atoms with Crippen LogP contribution < -0.4 is 5.73 Å². The number of rotatable bonds is 3. The van der Waals surface area contributed by atoms with Gasteiger partial charge in [0.2, 0.25) is 0 Å². The molecule has 5 heteroatoms. The van der Waals surface area contributed by atoms with Crippen molar-refractivity contribution < 1.29 is 0 Å². The maximum atomic E-state index is 7.49. The number of pyridine rings is 1. The van der Waals surface area contributed by atoms with Gasteiger partial charge in [0, 0.05) is 12.4 Å². The quantitative estimate of drug-likeness (QED) is 0.620. The van der Waals surface area contributed by atoms with E-state index in [1.165, 1.54) is 0 Å². The van der Waals surface area contributed by atoms with E-state index < -0.39 is 0 Å². The highest BCUT2D eigenvalue weighted by atomic mass is 15.3. The van der Waals surface area contributed by atoms with Crippen LogP contribution >= 0.6 is 0 Å². The van der Waals surface area contributed by atoms with Crippen LogP contribution in [0.25, 0.3) is 5.69 Å². The summed E-state index contributed by atoms with van der Waals surface area (Å²) in [5.41, 5.74) is 7.68. The monoisotopic (exact) mass is 229 g/mol. The highest BCUT2D eigenvalue weighted by Gasteiger charge is 2.10. The van der Waals surface area contributed by atoms with Gasteiger partial charge >= 0.3 is 0 Å². The Balaban J connectivity index is 2.49. The highest BCUT2D eigenvalue weighted by molar-refractivity contribution is 5.96. The van der Waals surface area contributed by atoms with Crippen molar-refractivity contribution >= 4 is 5.84 Å². The molecule has 0 saturated carbocycles. The van der Waals surface area contributed by atoms with Crippen molar-refractivity contribution in [2.24, 2.45) is 5.73 Å². The summed E-state index contributed by atoms with van der Waals surface area (Å²) in [6, 6.07) is 5.61. The van der Waals surface area contributed by atoms with Crippen LogP contribution in [0.2, 0.25) is 0 Å². The molecule has 0 aromatic carbocycles. The van der Waals surface area contributed by atoms with Crippen LogP contribution in [0.15, 0.2) is 30.6 Å². The standard InChI is InChI=1S/C12H15N5/c1-8(2)9-5-7-17(16-9)10-4-3-6-15-11(10)12(13)14/h3-8H,1-2H3,(H3,13,14). The van der Waals surface area contributed by atoms with Crippen molar-refractivity contribution in [3.63, 3.8) is 0 Å². The van der Waals surface area contributed by atoms with Gasteiger partial charge in [0.15, 0.2) is 0 Å². The molecule has 0 bridgehead atoms. The molecule has 0 unspecified atom stereocenters. The summed E-state index contributed by atoms with van der Waals surface area (Å²) >= 11 is 0. The van der Waals surface area contributed by atoms with Gasteiger partial charge in [0.1, 0.15) is 11.5 Å². The molecule has 0 atom stereocenters. The molecule has 0 fully saturated rings. The van der Waals surface area contributed by atoms with E-state index in [0.29, 0.717) is 11.6 Å². The number of nitrogens with two attached hydrogens (primary N) is 1. The lowest BCUT2D eigenvalue weighted by molar-refractivity contribution is 0.766. The first-order valence-electron chi connectivity index (χ1n) is 5.45. The first-order chi connectivity index (χ1) is 8.09.